The lowest BCUT2D eigenvalue weighted by atomic mass is 10.2. The van der Waals surface area contributed by atoms with Crippen LogP contribution >= 0.6 is 0 Å². The molecular weight excluding hydrogens is 370 g/mol. The van der Waals surface area contributed by atoms with Gasteiger partial charge in [0, 0.05) is 37.8 Å². The SMILES string of the molecule is CN(CCN)c1ccc(Nc2ncc3cc(C(=O)O)n(C4CCCC4)c3n2)nc1. The molecule has 4 N–H and O–H groups in total. The third-order valence-electron chi connectivity index (χ3n) is 5.38. The smallest absolute Gasteiger partial charge is 0.352 e. The van der Waals surface area contributed by atoms with E-state index in [9.17, 15) is 9.90 Å². The number of anilines is 3. The molecule has 1 saturated carbocycles. The molecule has 3 heterocycles. The Balaban J connectivity index is 1.63. The van der Waals surface area contributed by atoms with Crippen LogP contribution in [-0.2, 0) is 0 Å². The summed E-state index contributed by atoms with van der Waals surface area (Å²) in [5, 5.41) is 13.5. The third-order valence-corrected chi connectivity index (χ3v) is 5.38. The number of carbonyl (C=O) groups is 1. The van der Waals surface area contributed by atoms with Crippen LogP contribution in [0.3, 0.4) is 0 Å². The van der Waals surface area contributed by atoms with Gasteiger partial charge in [-0.2, -0.15) is 4.98 Å². The van der Waals surface area contributed by atoms with Gasteiger partial charge in [0.05, 0.1) is 11.9 Å². The molecule has 9 nitrogen and oxygen atoms in total. The van der Waals surface area contributed by atoms with Crippen LogP contribution in [0.4, 0.5) is 17.5 Å². The first-order chi connectivity index (χ1) is 14.1. The van der Waals surface area contributed by atoms with Gasteiger partial charge < -0.3 is 25.6 Å². The second-order valence-electron chi connectivity index (χ2n) is 7.35. The van der Waals surface area contributed by atoms with Crippen LogP contribution in [0.2, 0.25) is 0 Å². The van der Waals surface area contributed by atoms with E-state index < -0.39 is 5.97 Å². The number of aromatic nitrogens is 4. The number of hydrogen-bond donors (Lipinski definition) is 3. The predicted molar refractivity (Wildman–Crippen MR) is 112 cm³/mol. The molecule has 3 aromatic rings. The Morgan fingerprint density at radius 1 is 1.31 bits per heavy atom. The van der Waals surface area contributed by atoms with E-state index in [1.807, 2.05) is 28.6 Å². The van der Waals surface area contributed by atoms with Gasteiger partial charge in [-0.25, -0.2) is 14.8 Å². The zero-order valence-electron chi connectivity index (χ0n) is 16.4. The van der Waals surface area contributed by atoms with E-state index in [0.29, 0.717) is 24.0 Å². The monoisotopic (exact) mass is 395 g/mol. The summed E-state index contributed by atoms with van der Waals surface area (Å²) in [4.78, 5) is 27.1. The van der Waals surface area contributed by atoms with Crippen LogP contribution in [0.5, 0.6) is 0 Å². The Morgan fingerprint density at radius 2 is 2.10 bits per heavy atom. The average Bonchev–Trinajstić information content (AvgIpc) is 3.36. The van der Waals surface area contributed by atoms with Crippen molar-refractivity contribution in [3.8, 4) is 0 Å². The first-order valence-corrected chi connectivity index (χ1v) is 9.82. The van der Waals surface area contributed by atoms with Crippen molar-refractivity contribution in [2.75, 3.05) is 30.4 Å². The summed E-state index contributed by atoms with van der Waals surface area (Å²) >= 11 is 0. The summed E-state index contributed by atoms with van der Waals surface area (Å²) in [6, 6.07) is 5.62. The minimum atomic E-state index is -0.941. The molecule has 0 unspecified atom stereocenters. The molecular formula is C20H25N7O2. The number of rotatable bonds is 7. The van der Waals surface area contributed by atoms with E-state index in [-0.39, 0.29) is 11.7 Å². The van der Waals surface area contributed by atoms with E-state index in [4.69, 9.17) is 5.73 Å². The topological polar surface area (TPSA) is 122 Å². The van der Waals surface area contributed by atoms with Crippen LogP contribution in [-0.4, -0.2) is 50.7 Å². The maximum atomic E-state index is 11.8. The molecule has 4 rings (SSSR count). The second kappa shape index (κ2) is 8.04. The lowest BCUT2D eigenvalue weighted by Gasteiger charge is -2.18. The molecule has 1 fully saturated rings. The number of likely N-dealkylation sites (N-methyl/N-ethyl adjacent to an activating group) is 1. The third kappa shape index (κ3) is 3.86. The van der Waals surface area contributed by atoms with Crippen molar-refractivity contribution in [2.24, 2.45) is 5.73 Å². The fourth-order valence-corrected chi connectivity index (χ4v) is 3.89. The fourth-order valence-electron chi connectivity index (χ4n) is 3.89. The van der Waals surface area contributed by atoms with Gasteiger partial charge in [-0.05, 0) is 31.0 Å². The number of hydrogen-bond acceptors (Lipinski definition) is 7. The van der Waals surface area contributed by atoms with E-state index in [0.717, 1.165) is 43.3 Å². The molecule has 0 aliphatic heterocycles. The summed E-state index contributed by atoms with van der Waals surface area (Å²) < 4.78 is 1.86. The Morgan fingerprint density at radius 3 is 2.76 bits per heavy atom. The quantitative estimate of drug-likeness (QED) is 0.558. The number of carboxylic acid groups (broad SMARTS) is 1. The molecule has 0 aromatic carbocycles. The van der Waals surface area contributed by atoms with Gasteiger partial charge in [0.15, 0.2) is 0 Å². The lowest BCUT2D eigenvalue weighted by molar-refractivity contribution is 0.0683. The van der Waals surface area contributed by atoms with Crippen molar-refractivity contribution < 1.29 is 9.90 Å². The summed E-state index contributed by atoms with van der Waals surface area (Å²) in [5.41, 5.74) is 7.48. The average molecular weight is 395 g/mol. The highest BCUT2D eigenvalue weighted by atomic mass is 16.4. The zero-order chi connectivity index (χ0) is 20.4. The summed E-state index contributed by atoms with van der Waals surface area (Å²) in [5.74, 6) is 0.0669. The molecule has 0 radical (unpaired) electrons. The maximum Gasteiger partial charge on any atom is 0.352 e. The molecule has 1 aliphatic carbocycles. The Labute approximate surface area is 168 Å². The van der Waals surface area contributed by atoms with Crippen LogP contribution in [0.25, 0.3) is 11.0 Å². The van der Waals surface area contributed by atoms with Crippen LogP contribution < -0.4 is 16.0 Å². The van der Waals surface area contributed by atoms with Crippen molar-refractivity contribution in [3.05, 3.63) is 36.3 Å². The Bertz CT molecular complexity index is 1010. The molecule has 29 heavy (non-hydrogen) atoms. The number of aromatic carboxylic acids is 1. The number of carboxylic acids is 1. The number of fused-ring (bicyclic) bond motifs is 1. The van der Waals surface area contributed by atoms with Gasteiger partial charge in [-0.1, -0.05) is 12.8 Å². The molecule has 0 amide bonds. The number of nitrogens with zero attached hydrogens (tertiary/aromatic N) is 5. The largest absolute Gasteiger partial charge is 0.477 e. The Kier molecular flexibility index (Phi) is 5.30. The molecule has 152 valence electrons. The standard InChI is InChI=1S/C20H25N7O2/c1-26(9-8-21)15-6-7-17(22-12-15)24-20-23-11-13-10-16(19(28)29)27(18(13)25-20)14-4-2-3-5-14/h6-7,10-12,14H,2-5,8-9,21H2,1H3,(H,28,29)(H,22,23,24,25). The molecule has 0 atom stereocenters. The molecule has 9 heteroatoms. The van der Waals surface area contributed by atoms with Crippen molar-refractivity contribution in [1.82, 2.24) is 19.5 Å². The zero-order valence-corrected chi connectivity index (χ0v) is 16.4. The van der Waals surface area contributed by atoms with E-state index in [1.165, 1.54) is 0 Å². The number of pyridine rings is 1. The van der Waals surface area contributed by atoms with Gasteiger partial charge >= 0.3 is 5.97 Å². The first-order valence-electron chi connectivity index (χ1n) is 9.82. The van der Waals surface area contributed by atoms with Crippen LogP contribution in [0.15, 0.2) is 30.6 Å². The molecule has 0 spiro atoms. The molecule has 1 aliphatic rings. The van der Waals surface area contributed by atoms with E-state index in [2.05, 4.69) is 20.3 Å². The summed E-state index contributed by atoms with van der Waals surface area (Å²) in [6.07, 6.45) is 7.57. The summed E-state index contributed by atoms with van der Waals surface area (Å²) in [6.45, 7) is 1.32. The highest BCUT2D eigenvalue weighted by molar-refractivity contribution is 5.93. The summed E-state index contributed by atoms with van der Waals surface area (Å²) in [7, 11) is 1.96. The van der Waals surface area contributed by atoms with Gasteiger partial charge in [-0.15, -0.1) is 0 Å². The Hall–Kier alpha value is -3.20. The normalized spacial score (nSPS) is 14.4. The van der Waals surface area contributed by atoms with Crippen LogP contribution in [0.1, 0.15) is 42.2 Å². The molecule has 0 saturated heterocycles. The minimum absolute atomic E-state index is 0.164. The molecule has 0 bridgehead atoms. The van der Waals surface area contributed by atoms with Gasteiger partial charge in [0.25, 0.3) is 0 Å². The van der Waals surface area contributed by atoms with E-state index in [1.54, 1.807) is 18.5 Å². The second-order valence-corrected chi connectivity index (χ2v) is 7.35. The predicted octanol–water partition coefficient (Wildman–Crippen LogP) is 2.78. The highest BCUT2D eigenvalue weighted by Gasteiger charge is 2.25. The van der Waals surface area contributed by atoms with Gasteiger partial charge in [0.1, 0.15) is 17.2 Å². The number of nitrogens with one attached hydrogen (secondary N) is 1. The number of nitrogens with two attached hydrogens (primary N) is 1. The van der Waals surface area contributed by atoms with Crippen molar-refractivity contribution in [3.63, 3.8) is 0 Å². The lowest BCUT2D eigenvalue weighted by Crippen LogP contribution is -2.24. The van der Waals surface area contributed by atoms with Crippen LogP contribution in [0, 0.1) is 0 Å². The highest BCUT2D eigenvalue weighted by Crippen LogP contribution is 2.34. The minimum Gasteiger partial charge on any atom is -0.477 e. The van der Waals surface area contributed by atoms with Crippen molar-refractivity contribution in [1.29, 1.82) is 0 Å². The van der Waals surface area contributed by atoms with Gasteiger partial charge in [-0.3, -0.25) is 0 Å². The van der Waals surface area contributed by atoms with Crippen molar-refractivity contribution >= 4 is 34.5 Å². The molecule has 3 aromatic heterocycles. The maximum absolute atomic E-state index is 11.8. The van der Waals surface area contributed by atoms with Crippen molar-refractivity contribution in [2.45, 2.75) is 31.7 Å². The van der Waals surface area contributed by atoms with Gasteiger partial charge in [0.2, 0.25) is 5.95 Å². The first kappa shape index (κ1) is 19.1. The van der Waals surface area contributed by atoms with E-state index >= 15 is 0 Å². The fraction of sp³-hybridized carbons (Fsp3) is 0.400.